The molecule has 0 aliphatic carbocycles. The van der Waals surface area contributed by atoms with E-state index in [0.717, 1.165) is 11.3 Å². The molecule has 6 heteroatoms. The highest BCUT2D eigenvalue weighted by Crippen LogP contribution is 2.41. The number of hydrogen-bond donors (Lipinski definition) is 0. The van der Waals surface area contributed by atoms with Gasteiger partial charge < -0.3 is 9.47 Å². The van der Waals surface area contributed by atoms with Crippen molar-refractivity contribution in [3.05, 3.63) is 40.1 Å². The predicted octanol–water partition coefficient (Wildman–Crippen LogP) is 0.497. The van der Waals surface area contributed by atoms with Crippen LogP contribution in [0, 0.1) is 6.92 Å². The molecule has 1 spiro atoms. The molecule has 0 amide bonds. The fourth-order valence-corrected chi connectivity index (χ4v) is 2.60. The minimum absolute atomic E-state index is 0.156. The van der Waals surface area contributed by atoms with Crippen molar-refractivity contribution in [2.75, 3.05) is 13.2 Å². The Hall–Kier alpha value is -2.08. The number of aromatic nitrogens is 3. The van der Waals surface area contributed by atoms with Gasteiger partial charge in [0.1, 0.15) is 5.75 Å². The maximum Gasteiger partial charge on any atom is 0.350 e. The summed E-state index contributed by atoms with van der Waals surface area (Å²) >= 11 is 0. The zero-order valence-corrected chi connectivity index (χ0v) is 10.7. The van der Waals surface area contributed by atoms with Crippen molar-refractivity contribution in [2.24, 2.45) is 7.05 Å². The lowest BCUT2D eigenvalue weighted by molar-refractivity contribution is -0.176. The van der Waals surface area contributed by atoms with E-state index in [1.807, 2.05) is 25.1 Å². The van der Waals surface area contributed by atoms with Gasteiger partial charge in [0.05, 0.1) is 18.9 Å². The Balaban J connectivity index is 2.07. The predicted molar refractivity (Wildman–Crippen MR) is 66.7 cm³/mol. The third-order valence-corrected chi connectivity index (χ3v) is 3.66. The fourth-order valence-electron chi connectivity index (χ4n) is 2.60. The van der Waals surface area contributed by atoms with Crippen LogP contribution in [-0.2, 0) is 17.4 Å². The maximum absolute atomic E-state index is 12.3. The van der Waals surface area contributed by atoms with Crippen LogP contribution >= 0.6 is 0 Å². The molecule has 2 aromatic rings. The van der Waals surface area contributed by atoms with Gasteiger partial charge in [-0.05, 0) is 24.6 Å². The van der Waals surface area contributed by atoms with Gasteiger partial charge >= 0.3 is 5.69 Å². The second-order valence-electron chi connectivity index (χ2n) is 5.13. The van der Waals surface area contributed by atoms with Gasteiger partial charge in [-0.1, -0.05) is 6.07 Å². The molecule has 0 saturated carbocycles. The average molecular weight is 259 g/mol. The largest absolute Gasteiger partial charge is 0.472 e. The van der Waals surface area contributed by atoms with Crippen molar-refractivity contribution in [1.29, 1.82) is 0 Å². The van der Waals surface area contributed by atoms with Crippen LogP contribution in [-0.4, -0.2) is 27.6 Å². The number of aryl methyl sites for hydroxylation is 2. The summed E-state index contributed by atoms with van der Waals surface area (Å²) in [5.41, 5.74) is 1.06. The Morgan fingerprint density at radius 2 is 2.16 bits per heavy atom. The van der Waals surface area contributed by atoms with Crippen LogP contribution in [0.25, 0.3) is 5.69 Å². The molecule has 1 saturated heterocycles. The molecule has 6 nitrogen and oxygen atoms in total. The molecule has 0 bridgehead atoms. The summed E-state index contributed by atoms with van der Waals surface area (Å²) in [6.07, 6.45) is 0. The summed E-state index contributed by atoms with van der Waals surface area (Å²) in [5.74, 6) is 1.33. The van der Waals surface area contributed by atoms with E-state index >= 15 is 0 Å². The normalized spacial score (nSPS) is 18.4. The molecule has 2 aliphatic heterocycles. The lowest BCUT2D eigenvalue weighted by Crippen LogP contribution is -2.55. The van der Waals surface area contributed by atoms with E-state index in [4.69, 9.17) is 9.47 Å². The smallest absolute Gasteiger partial charge is 0.350 e. The highest BCUT2D eigenvalue weighted by atomic mass is 16.6. The molecule has 0 N–H and O–H groups in total. The Labute approximate surface area is 109 Å². The summed E-state index contributed by atoms with van der Waals surface area (Å²) < 4.78 is 14.3. The number of nitrogens with zero attached hydrogens (tertiary/aromatic N) is 3. The van der Waals surface area contributed by atoms with E-state index in [1.165, 1.54) is 4.68 Å². The van der Waals surface area contributed by atoms with Crippen LogP contribution in [0.5, 0.6) is 5.75 Å². The molecule has 1 aromatic heterocycles. The second kappa shape index (κ2) is 3.27. The molecule has 3 heterocycles. The number of rotatable bonds is 0. The molecule has 0 radical (unpaired) electrons. The maximum atomic E-state index is 12.3. The topological polar surface area (TPSA) is 58.3 Å². The third kappa shape index (κ3) is 1.24. The molecule has 19 heavy (non-hydrogen) atoms. The summed E-state index contributed by atoms with van der Waals surface area (Å²) in [5, 5.41) is 4.32. The first-order valence-electron chi connectivity index (χ1n) is 6.15. The Morgan fingerprint density at radius 1 is 1.37 bits per heavy atom. The van der Waals surface area contributed by atoms with Crippen molar-refractivity contribution >= 4 is 0 Å². The van der Waals surface area contributed by atoms with Crippen LogP contribution in [0.1, 0.15) is 11.4 Å². The van der Waals surface area contributed by atoms with Crippen LogP contribution in [0.4, 0.5) is 0 Å². The van der Waals surface area contributed by atoms with Gasteiger partial charge in [0.15, 0.2) is 5.82 Å². The summed E-state index contributed by atoms with van der Waals surface area (Å²) in [7, 11) is 1.65. The molecule has 0 unspecified atom stereocenters. The first kappa shape index (κ1) is 10.8. The summed E-state index contributed by atoms with van der Waals surface area (Å²) in [6, 6.07) is 5.81. The highest BCUT2D eigenvalue weighted by molar-refractivity contribution is 5.52. The van der Waals surface area contributed by atoms with E-state index in [-0.39, 0.29) is 5.69 Å². The van der Waals surface area contributed by atoms with E-state index in [2.05, 4.69) is 5.10 Å². The molecular weight excluding hydrogens is 246 g/mol. The van der Waals surface area contributed by atoms with E-state index in [9.17, 15) is 4.79 Å². The first-order valence-corrected chi connectivity index (χ1v) is 6.15. The van der Waals surface area contributed by atoms with Gasteiger partial charge in [0, 0.05) is 7.05 Å². The fraction of sp³-hybridized carbons (Fsp3) is 0.385. The number of hydrogen-bond acceptors (Lipinski definition) is 4. The van der Waals surface area contributed by atoms with Crippen molar-refractivity contribution in [2.45, 2.75) is 12.5 Å². The molecule has 4 rings (SSSR count). The number of fused-ring (bicyclic) bond motifs is 4. The Morgan fingerprint density at radius 3 is 2.84 bits per heavy atom. The van der Waals surface area contributed by atoms with Crippen LogP contribution < -0.4 is 10.4 Å². The lowest BCUT2D eigenvalue weighted by Gasteiger charge is -2.43. The Bertz CT molecular complexity index is 740. The minimum Gasteiger partial charge on any atom is -0.472 e. The zero-order chi connectivity index (χ0) is 13.2. The van der Waals surface area contributed by atoms with Crippen molar-refractivity contribution in [1.82, 2.24) is 14.3 Å². The summed E-state index contributed by atoms with van der Waals surface area (Å²) in [6.45, 7) is 2.84. The lowest BCUT2D eigenvalue weighted by atomic mass is 9.98. The van der Waals surface area contributed by atoms with E-state index in [1.54, 1.807) is 11.6 Å². The molecule has 98 valence electrons. The van der Waals surface area contributed by atoms with Gasteiger partial charge in [-0.15, -0.1) is 0 Å². The van der Waals surface area contributed by atoms with Crippen LogP contribution in [0.3, 0.4) is 0 Å². The summed E-state index contributed by atoms with van der Waals surface area (Å²) in [4.78, 5) is 12.3. The molecular formula is C13H13N3O3. The highest BCUT2D eigenvalue weighted by Gasteiger charge is 2.51. The molecule has 2 aliphatic rings. The first-order chi connectivity index (χ1) is 9.11. The molecule has 0 atom stereocenters. The third-order valence-electron chi connectivity index (χ3n) is 3.66. The number of ether oxygens (including phenoxy) is 2. The SMILES string of the molecule is Cc1ccc2c(c1)-n1c(nn(C)c1=O)C1(COC1)O2. The van der Waals surface area contributed by atoms with Crippen molar-refractivity contribution in [3.8, 4) is 11.4 Å². The number of benzene rings is 1. The average Bonchev–Trinajstić information content (AvgIpc) is 2.64. The molecule has 1 fully saturated rings. The van der Waals surface area contributed by atoms with Gasteiger partial charge in [-0.3, -0.25) is 0 Å². The second-order valence-corrected chi connectivity index (χ2v) is 5.13. The van der Waals surface area contributed by atoms with Gasteiger partial charge in [-0.25, -0.2) is 14.0 Å². The standard InChI is InChI=1S/C13H13N3O3/c1-8-3-4-10-9(5-8)16-11(14-15(2)12(16)17)13(19-10)6-18-7-13/h3-5H,6-7H2,1-2H3. The minimum atomic E-state index is -0.608. The Kier molecular flexibility index (Phi) is 1.86. The van der Waals surface area contributed by atoms with Crippen molar-refractivity contribution in [3.63, 3.8) is 0 Å². The van der Waals surface area contributed by atoms with Crippen LogP contribution in [0.2, 0.25) is 0 Å². The van der Waals surface area contributed by atoms with Gasteiger partial charge in [-0.2, -0.15) is 5.10 Å². The monoisotopic (exact) mass is 259 g/mol. The van der Waals surface area contributed by atoms with Crippen LogP contribution in [0.15, 0.2) is 23.0 Å². The quantitative estimate of drug-likeness (QED) is 0.691. The molecule has 1 aromatic carbocycles. The van der Waals surface area contributed by atoms with Gasteiger partial charge in [0.2, 0.25) is 5.60 Å². The van der Waals surface area contributed by atoms with Crippen molar-refractivity contribution < 1.29 is 9.47 Å². The van der Waals surface area contributed by atoms with E-state index in [0.29, 0.717) is 24.8 Å². The van der Waals surface area contributed by atoms with E-state index < -0.39 is 5.60 Å². The zero-order valence-electron chi connectivity index (χ0n) is 10.7. The van der Waals surface area contributed by atoms with Gasteiger partial charge in [0.25, 0.3) is 0 Å².